The molecule has 0 aliphatic carbocycles. The van der Waals surface area contributed by atoms with Crippen molar-refractivity contribution in [2.75, 3.05) is 159 Å². The Labute approximate surface area is 433 Å². The van der Waals surface area contributed by atoms with Gasteiger partial charge in [0.05, 0.1) is 106 Å². The summed E-state index contributed by atoms with van der Waals surface area (Å²) in [5.74, 6) is 6.02. The Kier molecular flexibility index (Phi) is 25.7. The molecular weight excluding hydrogens is 961 g/mol. The van der Waals surface area contributed by atoms with Gasteiger partial charge < -0.3 is 85.3 Å². The second kappa shape index (κ2) is 34.3. The van der Waals surface area contributed by atoms with E-state index in [-0.39, 0.29) is 13.2 Å². The van der Waals surface area contributed by atoms with Crippen LogP contribution in [0.25, 0.3) is 0 Å². The summed E-state index contributed by atoms with van der Waals surface area (Å²) in [4.78, 5) is 0. The third kappa shape index (κ3) is 21.0. The topological polar surface area (TPSA) is 166 Å². The van der Waals surface area contributed by atoms with E-state index in [1.54, 1.807) is 0 Å². The van der Waals surface area contributed by atoms with Crippen LogP contribution in [0.4, 0.5) is 0 Å². The standard InChI is InChI=1S/C56H70O18/c1-3-9-49-47(7-1)65-33-25-57-17-19-61-29-37-69-53-15-13-45(41-55(53)71-39-31-63-23-21-59-27-35-67-49)43-73-51-11-5-6-12-52(51)74-44-46-14-16-54-56(42-46)72-40-32-64-24-22-60-28-36-68-50-10-4-2-8-48(50)66-34-26-58-18-20-62-30-38-70-54/h1-16,41-42H,17-40,43-44H2. The summed E-state index contributed by atoms with van der Waals surface area (Å²) in [5, 5.41) is 0. The van der Waals surface area contributed by atoms with Gasteiger partial charge in [-0.05, 0) is 71.8 Å². The molecule has 0 aromatic heterocycles. The van der Waals surface area contributed by atoms with Gasteiger partial charge in [0.2, 0.25) is 0 Å². The molecule has 0 atom stereocenters. The minimum atomic E-state index is 0.238. The third-order valence-corrected chi connectivity index (χ3v) is 10.7. The normalized spacial score (nSPS) is 17.5. The molecule has 0 fully saturated rings. The molecule has 2 heterocycles. The summed E-state index contributed by atoms with van der Waals surface area (Å²) in [6.07, 6.45) is 0. The maximum Gasteiger partial charge on any atom is 0.161 e. The van der Waals surface area contributed by atoms with Crippen LogP contribution >= 0.6 is 0 Å². The lowest BCUT2D eigenvalue weighted by Gasteiger charge is -2.17. The molecule has 402 valence electrons. The van der Waals surface area contributed by atoms with Gasteiger partial charge >= 0.3 is 0 Å². The van der Waals surface area contributed by atoms with Gasteiger partial charge in [-0.1, -0.05) is 48.5 Å². The predicted octanol–water partition coefficient (Wildman–Crippen LogP) is 7.44. The molecule has 0 unspecified atom stereocenters. The molecule has 2 aliphatic rings. The molecule has 0 spiro atoms. The number of rotatable bonds is 6. The average Bonchev–Trinajstić information content (AvgIpc) is 3.42. The van der Waals surface area contributed by atoms with E-state index in [1.807, 2.05) is 109 Å². The zero-order valence-corrected chi connectivity index (χ0v) is 42.1. The van der Waals surface area contributed by atoms with Gasteiger partial charge in [-0.15, -0.1) is 0 Å². The summed E-state index contributed by atoms with van der Waals surface area (Å²) < 4.78 is 107. The number of benzene rings is 5. The molecule has 0 saturated carbocycles. The highest BCUT2D eigenvalue weighted by atomic mass is 16.6. The van der Waals surface area contributed by atoms with Crippen LogP contribution in [-0.2, 0) is 51.1 Å². The Balaban J connectivity index is 0.888. The second-order valence-electron chi connectivity index (χ2n) is 16.2. The molecule has 18 heteroatoms. The van der Waals surface area contributed by atoms with Crippen LogP contribution in [0.5, 0.6) is 57.5 Å². The quantitative estimate of drug-likeness (QED) is 0.165. The molecule has 74 heavy (non-hydrogen) atoms. The SMILES string of the molecule is c1ccc2c(c1)OCCOCCOCCOc1ccc(COc3ccccc3OCc3ccc4c(c3)OCCOCCOCCOc3ccccc3OCCOCCOCCO4)cc1OCCOCCOCCO2. The Hall–Kier alpha value is -6.22. The molecule has 2 aliphatic heterocycles. The number of hydrogen-bond acceptors (Lipinski definition) is 18. The highest BCUT2D eigenvalue weighted by molar-refractivity contribution is 5.46. The molecule has 5 aromatic rings. The largest absolute Gasteiger partial charge is 0.487 e. The van der Waals surface area contributed by atoms with Gasteiger partial charge in [-0.2, -0.15) is 0 Å². The van der Waals surface area contributed by atoms with Crippen LogP contribution in [0, 0.1) is 0 Å². The molecule has 0 radical (unpaired) electrons. The van der Waals surface area contributed by atoms with Crippen molar-refractivity contribution in [3.8, 4) is 57.5 Å². The van der Waals surface area contributed by atoms with Crippen molar-refractivity contribution in [3.05, 3.63) is 120 Å². The number of fused-ring (bicyclic) bond motifs is 4. The minimum absolute atomic E-state index is 0.238. The first-order chi connectivity index (χ1) is 36.8. The van der Waals surface area contributed by atoms with Crippen LogP contribution in [0.15, 0.2) is 109 Å². The fourth-order valence-corrected chi connectivity index (χ4v) is 7.11. The first-order valence-electron chi connectivity index (χ1n) is 25.2. The van der Waals surface area contributed by atoms with Crippen molar-refractivity contribution >= 4 is 0 Å². The Bertz CT molecular complexity index is 2140. The van der Waals surface area contributed by atoms with Crippen molar-refractivity contribution in [3.63, 3.8) is 0 Å². The van der Waals surface area contributed by atoms with Gasteiger partial charge in [0, 0.05) is 0 Å². The highest BCUT2D eigenvalue weighted by Gasteiger charge is 2.14. The third-order valence-electron chi connectivity index (χ3n) is 10.7. The first-order valence-corrected chi connectivity index (χ1v) is 25.2. The predicted molar refractivity (Wildman–Crippen MR) is 271 cm³/mol. The van der Waals surface area contributed by atoms with Crippen LogP contribution < -0.4 is 47.4 Å². The maximum atomic E-state index is 6.35. The highest BCUT2D eigenvalue weighted by Crippen LogP contribution is 2.34. The van der Waals surface area contributed by atoms with Crippen LogP contribution in [0.1, 0.15) is 11.1 Å². The molecular formula is C56H70O18. The molecule has 0 saturated heterocycles. The van der Waals surface area contributed by atoms with E-state index < -0.39 is 0 Å². The number of para-hydroxylation sites is 6. The molecule has 0 N–H and O–H groups in total. The lowest BCUT2D eigenvalue weighted by atomic mass is 10.2. The van der Waals surface area contributed by atoms with E-state index in [4.69, 9.17) is 85.3 Å². The lowest BCUT2D eigenvalue weighted by Crippen LogP contribution is -2.15. The molecule has 7 rings (SSSR count). The zero-order chi connectivity index (χ0) is 50.8. The fraction of sp³-hybridized carbons (Fsp3) is 0.464. The van der Waals surface area contributed by atoms with E-state index in [9.17, 15) is 0 Å². The van der Waals surface area contributed by atoms with Crippen LogP contribution in [-0.4, -0.2) is 159 Å². The van der Waals surface area contributed by atoms with Gasteiger partial charge in [0.15, 0.2) is 57.5 Å². The summed E-state index contributed by atoms with van der Waals surface area (Å²) >= 11 is 0. The summed E-state index contributed by atoms with van der Waals surface area (Å²) in [6, 6.07) is 34.0. The fourth-order valence-electron chi connectivity index (χ4n) is 7.11. The van der Waals surface area contributed by atoms with Gasteiger partial charge in [-0.3, -0.25) is 0 Å². The molecule has 5 aromatic carbocycles. The Morgan fingerprint density at radius 3 is 0.716 bits per heavy atom. The van der Waals surface area contributed by atoms with Crippen LogP contribution in [0.2, 0.25) is 0 Å². The van der Waals surface area contributed by atoms with E-state index in [2.05, 4.69) is 0 Å². The molecule has 0 amide bonds. The van der Waals surface area contributed by atoms with E-state index in [1.165, 1.54) is 0 Å². The van der Waals surface area contributed by atoms with E-state index in [0.717, 1.165) is 11.1 Å². The second-order valence-corrected chi connectivity index (χ2v) is 16.2. The lowest BCUT2D eigenvalue weighted by molar-refractivity contribution is 0.0223. The maximum absolute atomic E-state index is 6.35. The van der Waals surface area contributed by atoms with Crippen molar-refractivity contribution in [2.45, 2.75) is 13.2 Å². The summed E-state index contributed by atoms with van der Waals surface area (Å²) in [5.41, 5.74) is 1.72. The molecule has 18 nitrogen and oxygen atoms in total. The number of hydrogen-bond donors (Lipinski definition) is 0. The average molecular weight is 1030 g/mol. The number of ether oxygens (including phenoxy) is 18. The van der Waals surface area contributed by atoms with Gasteiger partial charge in [0.1, 0.15) is 66.1 Å². The minimum Gasteiger partial charge on any atom is -0.487 e. The summed E-state index contributed by atoms with van der Waals surface area (Å²) in [7, 11) is 0. The van der Waals surface area contributed by atoms with Crippen molar-refractivity contribution < 1.29 is 85.3 Å². The van der Waals surface area contributed by atoms with Crippen molar-refractivity contribution in [2.24, 2.45) is 0 Å². The van der Waals surface area contributed by atoms with Gasteiger partial charge in [-0.25, -0.2) is 0 Å². The Morgan fingerprint density at radius 2 is 0.446 bits per heavy atom. The zero-order valence-electron chi connectivity index (χ0n) is 42.1. The van der Waals surface area contributed by atoms with Crippen molar-refractivity contribution in [1.29, 1.82) is 0 Å². The smallest absolute Gasteiger partial charge is 0.161 e. The monoisotopic (exact) mass is 1030 g/mol. The van der Waals surface area contributed by atoms with Crippen LogP contribution in [0.3, 0.4) is 0 Å². The first kappa shape index (κ1) is 55.5. The van der Waals surface area contributed by atoms with Crippen molar-refractivity contribution in [1.82, 2.24) is 0 Å². The Morgan fingerprint density at radius 1 is 0.230 bits per heavy atom. The van der Waals surface area contributed by atoms with Gasteiger partial charge in [0.25, 0.3) is 0 Å². The summed E-state index contributed by atoms with van der Waals surface area (Å²) in [6.45, 7) is 9.52. The van der Waals surface area contributed by atoms with E-state index >= 15 is 0 Å². The van der Waals surface area contributed by atoms with E-state index in [0.29, 0.717) is 216 Å². The molecule has 0 bridgehead atoms.